The Hall–Kier alpha value is -2.75. The van der Waals surface area contributed by atoms with E-state index in [2.05, 4.69) is 5.43 Å². The van der Waals surface area contributed by atoms with Gasteiger partial charge in [0.1, 0.15) is 5.75 Å². The molecule has 21 heavy (non-hydrogen) atoms. The molecule has 106 valence electrons. The lowest BCUT2D eigenvalue weighted by Gasteiger charge is -2.13. The van der Waals surface area contributed by atoms with E-state index in [1.807, 2.05) is 50.2 Å². The molecule has 0 atom stereocenters. The van der Waals surface area contributed by atoms with E-state index in [-0.39, 0.29) is 17.2 Å². The maximum absolute atomic E-state index is 12.4. The van der Waals surface area contributed by atoms with Crippen molar-refractivity contribution < 1.29 is 9.90 Å². The largest absolute Gasteiger partial charge is 0.506 e. The van der Waals surface area contributed by atoms with Gasteiger partial charge in [0.2, 0.25) is 0 Å². The fraction of sp³-hybridized carbons (Fsp3) is 0.118. The topological polar surface area (TPSA) is 54.3 Å². The minimum Gasteiger partial charge on any atom is -0.506 e. The normalized spacial score (nSPS) is 10.8. The number of aromatic hydroxyl groups is 1. The molecule has 3 aromatic rings. The van der Waals surface area contributed by atoms with Crippen molar-refractivity contribution in [1.29, 1.82) is 0 Å². The number of nitrogens with one attached hydrogen (secondary N) is 1. The third-order valence-corrected chi connectivity index (χ3v) is 3.63. The molecule has 0 spiro atoms. The molecule has 0 unspecified atom stereocenters. The number of hydrogen-bond donors (Lipinski definition) is 2. The van der Waals surface area contributed by atoms with E-state index >= 15 is 0 Å². The van der Waals surface area contributed by atoms with E-state index in [1.54, 1.807) is 16.8 Å². The van der Waals surface area contributed by atoms with E-state index < -0.39 is 0 Å². The highest BCUT2D eigenvalue weighted by atomic mass is 16.3. The first kappa shape index (κ1) is 13.2. The molecular weight excluding hydrogens is 264 g/mol. The molecule has 1 heterocycles. The Labute approximate surface area is 122 Å². The van der Waals surface area contributed by atoms with Crippen LogP contribution in [0.2, 0.25) is 0 Å². The van der Waals surface area contributed by atoms with Crippen LogP contribution in [-0.4, -0.2) is 15.7 Å². The maximum Gasteiger partial charge on any atom is 0.273 e. The number of fused-ring (bicyclic) bond motifs is 1. The predicted molar refractivity (Wildman–Crippen MR) is 83.2 cm³/mol. The van der Waals surface area contributed by atoms with Crippen molar-refractivity contribution in [2.75, 3.05) is 5.43 Å². The number of phenolic OH excluding ortho intramolecular Hbond substituents is 1. The third-order valence-electron chi connectivity index (χ3n) is 3.63. The standard InChI is InChI=1S/C17H16N2O2/c1-11-7-8-12(2)19(11)18-17(21)15-10-9-13-5-3-4-6-14(13)16(15)20/h3-10,20H,1-2H3,(H,18,21). The second kappa shape index (κ2) is 4.98. The molecule has 4 heteroatoms. The fourth-order valence-electron chi connectivity index (χ4n) is 2.44. The van der Waals surface area contributed by atoms with Crippen molar-refractivity contribution in [3.8, 4) is 5.75 Å². The minimum atomic E-state index is -0.333. The van der Waals surface area contributed by atoms with Gasteiger partial charge in [0.05, 0.1) is 5.56 Å². The average Bonchev–Trinajstić information content (AvgIpc) is 2.79. The highest BCUT2D eigenvalue weighted by Crippen LogP contribution is 2.28. The molecule has 2 aromatic carbocycles. The number of aryl methyl sites for hydroxylation is 2. The Balaban J connectivity index is 2.00. The first-order valence-electron chi connectivity index (χ1n) is 6.75. The number of hydrogen-bond acceptors (Lipinski definition) is 2. The molecule has 0 bridgehead atoms. The van der Waals surface area contributed by atoms with Crippen molar-refractivity contribution in [2.45, 2.75) is 13.8 Å². The van der Waals surface area contributed by atoms with Crippen LogP contribution in [-0.2, 0) is 0 Å². The number of nitrogens with zero attached hydrogens (tertiary/aromatic N) is 1. The van der Waals surface area contributed by atoms with Gasteiger partial charge in [-0.3, -0.25) is 14.9 Å². The maximum atomic E-state index is 12.4. The summed E-state index contributed by atoms with van der Waals surface area (Å²) < 4.78 is 1.71. The Morgan fingerprint density at radius 1 is 1.00 bits per heavy atom. The van der Waals surface area contributed by atoms with Crippen molar-refractivity contribution >= 4 is 16.7 Å². The number of amides is 1. The number of phenols is 1. The van der Waals surface area contributed by atoms with Gasteiger partial charge in [-0.05, 0) is 37.4 Å². The van der Waals surface area contributed by atoms with Crippen LogP contribution in [0.5, 0.6) is 5.75 Å². The molecule has 0 aliphatic rings. The van der Waals surface area contributed by atoms with E-state index in [4.69, 9.17) is 0 Å². The van der Waals surface area contributed by atoms with E-state index in [9.17, 15) is 9.90 Å². The summed E-state index contributed by atoms with van der Waals surface area (Å²) in [6.45, 7) is 3.82. The van der Waals surface area contributed by atoms with E-state index in [0.29, 0.717) is 5.39 Å². The number of carbonyl (C=O) groups is 1. The molecule has 0 saturated heterocycles. The van der Waals surface area contributed by atoms with Gasteiger partial charge in [0.15, 0.2) is 0 Å². The Morgan fingerprint density at radius 2 is 1.67 bits per heavy atom. The Morgan fingerprint density at radius 3 is 2.38 bits per heavy atom. The van der Waals surface area contributed by atoms with E-state index in [1.165, 1.54) is 0 Å². The minimum absolute atomic E-state index is 0.00747. The molecule has 0 aliphatic carbocycles. The van der Waals surface area contributed by atoms with Gasteiger partial charge >= 0.3 is 0 Å². The summed E-state index contributed by atoms with van der Waals surface area (Å²) in [6.07, 6.45) is 0. The number of carbonyl (C=O) groups excluding carboxylic acids is 1. The van der Waals surface area contributed by atoms with Crippen LogP contribution in [0.4, 0.5) is 0 Å². The quantitative estimate of drug-likeness (QED) is 0.756. The molecule has 1 amide bonds. The molecule has 0 saturated carbocycles. The first-order chi connectivity index (χ1) is 10.1. The smallest absolute Gasteiger partial charge is 0.273 e. The Bertz CT molecular complexity index is 814. The van der Waals surface area contributed by atoms with Crippen molar-refractivity contribution in [3.63, 3.8) is 0 Å². The van der Waals surface area contributed by atoms with Crippen LogP contribution in [0.3, 0.4) is 0 Å². The van der Waals surface area contributed by atoms with Gasteiger partial charge in [-0.2, -0.15) is 0 Å². The molecule has 2 N–H and O–H groups in total. The summed E-state index contributed by atoms with van der Waals surface area (Å²) >= 11 is 0. The van der Waals surface area contributed by atoms with Gasteiger partial charge < -0.3 is 5.11 Å². The van der Waals surface area contributed by atoms with Crippen LogP contribution in [0.25, 0.3) is 10.8 Å². The average molecular weight is 280 g/mol. The van der Waals surface area contributed by atoms with Crippen LogP contribution in [0.1, 0.15) is 21.7 Å². The summed E-state index contributed by atoms with van der Waals surface area (Å²) in [5, 5.41) is 11.9. The van der Waals surface area contributed by atoms with Crippen LogP contribution < -0.4 is 5.43 Å². The molecule has 0 radical (unpaired) electrons. The highest BCUT2D eigenvalue weighted by Gasteiger charge is 2.15. The van der Waals surface area contributed by atoms with Crippen LogP contribution >= 0.6 is 0 Å². The van der Waals surface area contributed by atoms with Crippen LogP contribution in [0.15, 0.2) is 48.5 Å². The molecule has 4 nitrogen and oxygen atoms in total. The van der Waals surface area contributed by atoms with Crippen molar-refractivity contribution in [1.82, 2.24) is 4.68 Å². The highest BCUT2D eigenvalue weighted by molar-refractivity contribution is 6.07. The van der Waals surface area contributed by atoms with Gasteiger partial charge in [-0.1, -0.05) is 30.3 Å². The van der Waals surface area contributed by atoms with Crippen molar-refractivity contribution in [2.24, 2.45) is 0 Å². The summed E-state index contributed by atoms with van der Waals surface area (Å²) in [5.74, 6) is -0.325. The van der Waals surface area contributed by atoms with Gasteiger partial charge in [0.25, 0.3) is 5.91 Å². The van der Waals surface area contributed by atoms with Crippen LogP contribution in [0, 0.1) is 13.8 Å². The number of benzene rings is 2. The molecule has 0 fully saturated rings. The summed E-state index contributed by atoms with van der Waals surface area (Å²) in [6, 6.07) is 14.8. The van der Waals surface area contributed by atoms with Gasteiger partial charge in [0, 0.05) is 16.8 Å². The zero-order chi connectivity index (χ0) is 15.0. The summed E-state index contributed by atoms with van der Waals surface area (Å²) in [4.78, 5) is 12.4. The van der Waals surface area contributed by atoms with Gasteiger partial charge in [-0.25, -0.2) is 0 Å². The summed E-state index contributed by atoms with van der Waals surface area (Å²) in [5.41, 5.74) is 4.93. The monoisotopic (exact) mass is 280 g/mol. The second-order valence-electron chi connectivity index (χ2n) is 5.08. The zero-order valence-electron chi connectivity index (χ0n) is 11.9. The second-order valence-corrected chi connectivity index (χ2v) is 5.08. The summed E-state index contributed by atoms with van der Waals surface area (Å²) in [7, 11) is 0. The molecule has 1 aromatic heterocycles. The molecular formula is C17H16N2O2. The number of aromatic nitrogens is 1. The van der Waals surface area contributed by atoms with Crippen molar-refractivity contribution in [3.05, 3.63) is 65.5 Å². The lowest BCUT2D eigenvalue weighted by Crippen LogP contribution is -2.24. The molecule has 3 rings (SSSR count). The zero-order valence-corrected chi connectivity index (χ0v) is 11.9. The fourth-order valence-corrected chi connectivity index (χ4v) is 2.44. The van der Waals surface area contributed by atoms with E-state index in [0.717, 1.165) is 16.8 Å². The Kier molecular flexibility index (Phi) is 3.14. The molecule has 0 aliphatic heterocycles. The predicted octanol–water partition coefficient (Wildman–Crippen LogP) is 3.35. The lowest BCUT2D eigenvalue weighted by molar-refractivity contribution is 0.100. The SMILES string of the molecule is Cc1ccc(C)n1NC(=O)c1ccc2ccccc2c1O. The number of rotatable bonds is 2. The van der Waals surface area contributed by atoms with Gasteiger partial charge in [-0.15, -0.1) is 0 Å². The third kappa shape index (κ3) is 2.25. The lowest BCUT2D eigenvalue weighted by atomic mass is 10.1. The first-order valence-corrected chi connectivity index (χ1v) is 6.75.